The number of halogens is 1. The molecule has 1 fully saturated rings. The third-order valence-electron chi connectivity index (χ3n) is 3.65. The molecule has 0 aromatic heterocycles. The summed E-state index contributed by atoms with van der Waals surface area (Å²) < 4.78 is 17.6. The van der Waals surface area contributed by atoms with E-state index in [4.69, 9.17) is 4.74 Å². The predicted octanol–water partition coefficient (Wildman–Crippen LogP) is 6.16. The Morgan fingerprint density at radius 3 is 2.04 bits per heavy atom. The molecule has 1 radical (unpaired) electrons. The van der Waals surface area contributed by atoms with Crippen LogP contribution in [0.15, 0.2) is 24.3 Å². The topological polar surface area (TPSA) is 12.5 Å². The van der Waals surface area contributed by atoms with Crippen molar-refractivity contribution in [3.63, 3.8) is 0 Å². The Morgan fingerprint density at radius 1 is 1.12 bits per heavy atom. The standard InChI is InChI=1S/C10H14O.C7H14FN.3CH4.Y/c1-8(2)9-5-4-6-10(7-9)11-3;1-6(2)9-4-3-7(8)5-9;;;;/h4-8H,1-3H3;6-7H,3-5H2,1-2H3;3*1H4;/t;7-;;;;/m.1..../s1. The van der Waals surface area contributed by atoms with E-state index < -0.39 is 6.17 Å². The number of likely N-dealkylation sites (tertiary alicyclic amines) is 1. The molecule has 0 N–H and O–H groups in total. The second-order valence-electron chi connectivity index (χ2n) is 5.91. The summed E-state index contributed by atoms with van der Waals surface area (Å²) in [6.07, 6.45) is 0.172. The van der Waals surface area contributed by atoms with Crippen molar-refractivity contribution in [2.24, 2.45) is 0 Å². The van der Waals surface area contributed by atoms with Gasteiger partial charge >= 0.3 is 0 Å². The molecule has 0 spiro atoms. The Morgan fingerprint density at radius 2 is 1.71 bits per heavy atom. The molecule has 141 valence electrons. The number of ether oxygens (including phenoxy) is 1. The van der Waals surface area contributed by atoms with Gasteiger partial charge in [-0.3, -0.25) is 4.90 Å². The molecule has 2 rings (SSSR count). The Hall–Kier alpha value is 0.0139. The second-order valence-corrected chi connectivity index (χ2v) is 5.91. The van der Waals surface area contributed by atoms with Crippen LogP contribution in [0.25, 0.3) is 0 Å². The number of methoxy groups -OCH3 is 1. The van der Waals surface area contributed by atoms with E-state index in [-0.39, 0.29) is 55.0 Å². The number of alkyl halides is 1. The van der Waals surface area contributed by atoms with Crippen LogP contribution in [0.1, 0.15) is 67.9 Å². The van der Waals surface area contributed by atoms with E-state index in [0.717, 1.165) is 18.7 Å². The van der Waals surface area contributed by atoms with Gasteiger partial charge in [0, 0.05) is 51.8 Å². The zero-order valence-corrected chi connectivity index (χ0v) is 16.8. The van der Waals surface area contributed by atoms with Crippen LogP contribution in [-0.4, -0.2) is 37.3 Å². The van der Waals surface area contributed by atoms with Gasteiger partial charge in [0.05, 0.1) is 7.11 Å². The average Bonchev–Trinajstić information content (AvgIpc) is 2.86. The van der Waals surface area contributed by atoms with Gasteiger partial charge in [0.2, 0.25) is 0 Å². The average molecular weight is 418 g/mol. The zero-order valence-electron chi connectivity index (χ0n) is 14.0. The molecule has 0 amide bonds. The molecule has 1 saturated heterocycles. The minimum atomic E-state index is -0.563. The van der Waals surface area contributed by atoms with Gasteiger partial charge in [-0.2, -0.15) is 0 Å². The van der Waals surface area contributed by atoms with Gasteiger partial charge in [-0.05, 0) is 43.9 Å². The Bertz CT molecular complexity index is 399. The molecule has 1 atom stereocenters. The van der Waals surface area contributed by atoms with E-state index in [1.165, 1.54) is 5.56 Å². The van der Waals surface area contributed by atoms with Crippen LogP contribution in [0.4, 0.5) is 4.39 Å². The van der Waals surface area contributed by atoms with E-state index in [0.29, 0.717) is 18.5 Å². The van der Waals surface area contributed by atoms with Crippen LogP contribution in [0, 0.1) is 0 Å². The third-order valence-corrected chi connectivity index (χ3v) is 3.65. The minimum Gasteiger partial charge on any atom is -0.497 e. The fourth-order valence-corrected chi connectivity index (χ4v) is 2.21. The maximum Gasteiger partial charge on any atom is 0.119 e. The van der Waals surface area contributed by atoms with Crippen molar-refractivity contribution in [1.82, 2.24) is 4.90 Å². The molecular weight excluding hydrogens is 378 g/mol. The molecule has 4 heteroatoms. The van der Waals surface area contributed by atoms with Gasteiger partial charge < -0.3 is 4.74 Å². The van der Waals surface area contributed by atoms with Crippen molar-refractivity contribution < 1.29 is 41.8 Å². The molecule has 0 bridgehead atoms. The second kappa shape index (κ2) is 16.5. The first-order valence-corrected chi connectivity index (χ1v) is 7.46. The van der Waals surface area contributed by atoms with Crippen molar-refractivity contribution in [3.05, 3.63) is 29.8 Å². The monoisotopic (exact) mass is 418 g/mol. The van der Waals surface area contributed by atoms with Gasteiger partial charge in [-0.15, -0.1) is 0 Å². The summed E-state index contributed by atoms with van der Waals surface area (Å²) in [5.74, 6) is 1.52. The van der Waals surface area contributed by atoms with Gasteiger partial charge in [0.25, 0.3) is 0 Å². The molecule has 1 aromatic carbocycles. The number of rotatable bonds is 3. The predicted molar refractivity (Wildman–Crippen MR) is 103 cm³/mol. The molecule has 1 aromatic rings. The minimum absolute atomic E-state index is 0. The maximum atomic E-state index is 12.5. The smallest absolute Gasteiger partial charge is 0.119 e. The molecule has 1 heterocycles. The normalized spacial score (nSPS) is 15.9. The molecule has 0 unspecified atom stereocenters. The van der Waals surface area contributed by atoms with Crippen molar-refractivity contribution in [2.45, 2.75) is 74.5 Å². The van der Waals surface area contributed by atoms with Gasteiger partial charge in [0.1, 0.15) is 11.9 Å². The van der Waals surface area contributed by atoms with Crippen LogP contribution in [-0.2, 0) is 32.7 Å². The Labute approximate surface area is 176 Å². The van der Waals surface area contributed by atoms with Crippen LogP contribution in [0.2, 0.25) is 0 Å². The first-order valence-electron chi connectivity index (χ1n) is 7.46. The van der Waals surface area contributed by atoms with Crippen molar-refractivity contribution in [2.75, 3.05) is 20.2 Å². The fraction of sp³-hybridized carbons (Fsp3) is 0.700. The van der Waals surface area contributed by atoms with Crippen molar-refractivity contribution in [1.29, 1.82) is 0 Å². The van der Waals surface area contributed by atoms with E-state index in [9.17, 15) is 4.39 Å². The summed E-state index contributed by atoms with van der Waals surface area (Å²) in [4.78, 5) is 2.17. The Balaban J connectivity index is -0.000000145. The number of benzene rings is 1. The summed E-state index contributed by atoms with van der Waals surface area (Å²) in [7, 11) is 1.69. The number of nitrogens with zero attached hydrogens (tertiary/aromatic N) is 1. The van der Waals surface area contributed by atoms with E-state index >= 15 is 0 Å². The van der Waals surface area contributed by atoms with Crippen molar-refractivity contribution in [3.8, 4) is 5.75 Å². The van der Waals surface area contributed by atoms with Gasteiger partial charge in [-0.1, -0.05) is 48.3 Å². The fourth-order valence-electron chi connectivity index (χ4n) is 2.21. The van der Waals surface area contributed by atoms with Crippen LogP contribution >= 0.6 is 0 Å². The first-order chi connectivity index (χ1) is 9.43. The summed E-state index contributed by atoms with van der Waals surface area (Å²) in [5.41, 5.74) is 1.32. The largest absolute Gasteiger partial charge is 0.497 e. The van der Waals surface area contributed by atoms with E-state index in [1.807, 2.05) is 12.1 Å². The molecular formula is C20H40FNOY. The van der Waals surface area contributed by atoms with Crippen LogP contribution in [0.5, 0.6) is 5.75 Å². The summed E-state index contributed by atoms with van der Waals surface area (Å²) in [6, 6.07) is 8.70. The zero-order chi connectivity index (χ0) is 15.1. The summed E-state index contributed by atoms with van der Waals surface area (Å²) in [5, 5.41) is 0. The molecule has 0 aliphatic carbocycles. The summed E-state index contributed by atoms with van der Waals surface area (Å²) in [6.45, 7) is 10.2. The quantitative estimate of drug-likeness (QED) is 0.583. The van der Waals surface area contributed by atoms with E-state index in [2.05, 4.69) is 44.7 Å². The van der Waals surface area contributed by atoms with Crippen molar-refractivity contribution >= 4 is 0 Å². The van der Waals surface area contributed by atoms with Crippen LogP contribution < -0.4 is 4.74 Å². The first kappa shape index (κ1) is 31.8. The maximum absolute atomic E-state index is 12.5. The molecule has 1 aliphatic rings. The number of hydrogen-bond donors (Lipinski definition) is 0. The third kappa shape index (κ3) is 11.5. The Kier molecular flexibility index (Phi) is 21.8. The van der Waals surface area contributed by atoms with Crippen LogP contribution in [0.3, 0.4) is 0 Å². The molecule has 24 heavy (non-hydrogen) atoms. The molecule has 1 aliphatic heterocycles. The van der Waals surface area contributed by atoms with Gasteiger partial charge in [-0.25, -0.2) is 4.39 Å². The van der Waals surface area contributed by atoms with E-state index in [1.54, 1.807) is 7.11 Å². The van der Waals surface area contributed by atoms with Gasteiger partial charge in [0.15, 0.2) is 0 Å². The molecule has 2 nitrogen and oxygen atoms in total. The summed E-state index contributed by atoms with van der Waals surface area (Å²) >= 11 is 0. The number of hydrogen-bond acceptors (Lipinski definition) is 2. The molecule has 0 saturated carbocycles. The SMILES string of the molecule is C.C.C.CC(C)N1CC[C@@H](F)C1.COc1cccc(C(C)C)c1.[Y].